The maximum absolute atomic E-state index is 14.5. The first-order chi connectivity index (χ1) is 13.6. The summed E-state index contributed by atoms with van der Waals surface area (Å²) in [5, 5.41) is 9.77. The van der Waals surface area contributed by atoms with E-state index in [1.807, 2.05) is 19.9 Å². The Kier molecular flexibility index (Phi) is 4.73. The molecule has 0 aromatic heterocycles. The lowest BCUT2D eigenvalue weighted by molar-refractivity contribution is -0.143. The Morgan fingerprint density at radius 1 is 1.21 bits per heavy atom. The summed E-state index contributed by atoms with van der Waals surface area (Å²) in [5.41, 5.74) is 0.570. The molecule has 0 saturated heterocycles. The number of carboxylic acids is 1. The number of aliphatic carboxylic acids is 1. The number of fused-ring (bicyclic) bond motifs is 1. The van der Waals surface area contributed by atoms with Crippen molar-refractivity contribution in [3.8, 4) is 11.5 Å². The van der Waals surface area contributed by atoms with E-state index in [-0.39, 0.29) is 18.6 Å². The van der Waals surface area contributed by atoms with E-state index in [0.717, 1.165) is 17.7 Å². The summed E-state index contributed by atoms with van der Waals surface area (Å²) in [6, 6.07) is 5.77. The van der Waals surface area contributed by atoms with Gasteiger partial charge in [0, 0.05) is 17.0 Å². The van der Waals surface area contributed by atoms with Crippen LogP contribution in [-0.2, 0) is 24.2 Å². The molecule has 2 aliphatic rings. The minimum absolute atomic E-state index is 0.0984. The summed E-state index contributed by atoms with van der Waals surface area (Å²) in [5.74, 6) is -2.52. The molecule has 0 unspecified atom stereocenters. The van der Waals surface area contributed by atoms with Crippen LogP contribution in [0.15, 0.2) is 24.3 Å². The van der Waals surface area contributed by atoms with Crippen molar-refractivity contribution in [1.29, 1.82) is 0 Å². The highest BCUT2D eigenvalue weighted by Gasteiger charge is 2.50. The standard InChI is InChI=1S/C22H21ClF2O4/c1-21(2)10-13-7-15(23)8-14(18(13)29-21)11-28-19-16(24)5-12(6-17(19)25)9-22(3-4-22)20(26)27/h5-8H,3-4,9-11H2,1-2H3,(H,26,27). The van der Waals surface area contributed by atoms with E-state index in [1.54, 1.807) is 6.07 Å². The van der Waals surface area contributed by atoms with E-state index in [2.05, 4.69) is 0 Å². The number of rotatable bonds is 6. The Labute approximate surface area is 172 Å². The largest absolute Gasteiger partial charge is 0.487 e. The summed E-state index contributed by atoms with van der Waals surface area (Å²) in [6.45, 7) is 3.80. The van der Waals surface area contributed by atoms with Crippen LogP contribution in [-0.4, -0.2) is 16.7 Å². The van der Waals surface area contributed by atoms with Crippen molar-refractivity contribution in [2.75, 3.05) is 0 Å². The first-order valence-corrected chi connectivity index (χ1v) is 9.81. The third kappa shape index (κ3) is 3.90. The highest BCUT2D eigenvalue weighted by molar-refractivity contribution is 6.30. The van der Waals surface area contributed by atoms with Crippen molar-refractivity contribution < 1.29 is 28.2 Å². The molecule has 1 saturated carbocycles. The Bertz CT molecular complexity index is 976. The van der Waals surface area contributed by atoms with E-state index < -0.39 is 28.8 Å². The third-order valence-electron chi connectivity index (χ3n) is 5.48. The Balaban J connectivity index is 1.54. The maximum atomic E-state index is 14.5. The van der Waals surface area contributed by atoms with Gasteiger partial charge in [-0.25, -0.2) is 8.78 Å². The molecule has 4 nitrogen and oxygen atoms in total. The van der Waals surface area contributed by atoms with Crippen LogP contribution in [0.25, 0.3) is 0 Å². The number of benzene rings is 2. The van der Waals surface area contributed by atoms with Crippen LogP contribution in [0, 0.1) is 17.0 Å². The van der Waals surface area contributed by atoms with Crippen molar-refractivity contribution in [3.05, 3.63) is 57.6 Å². The highest BCUT2D eigenvalue weighted by atomic mass is 35.5. The zero-order valence-corrected chi connectivity index (χ0v) is 16.9. The molecule has 0 radical (unpaired) electrons. The fraction of sp³-hybridized carbons (Fsp3) is 0.409. The number of carboxylic acid groups (broad SMARTS) is 1. The molecule has 0 amide bonds. The van der Waals surface area contributed by atoms with Gasteiger partial charge in [-0.15, -0.1) is 0 Å². The van der Waals surface area contributed by atoms with Gasteiger partial charge in [-0.2, -0.15) is 0 Å². The predicted molar refractivity (Wildman–Crippen MR) is 104 cm³/mol. The molecule has 0 spiro atoms. The van der Waals surface area contributed by atoms with Crippen LogP contribution >= 0.6 is 11.6 Å². The molecule has 1 aliphatic heterocycles. The zero-order valence-electron chi connectivity index (χ0n) is 16.2. The van der Waals surface area contributed by atoms with Gasteiger partial charge in [-0.05, 0) is 68.5 Å². The van der Waals surface area contributed by atoms with Gasteiger partial charge < -0.3 is 14.6 Å². The van der Waals surface area contributed by atoms with Gasteiger partial charge in [0.25, 0.3) is 0 Å². The molecule has 1 fully saturated rings. The molecule has 1 heterocycles. The second-order valence-electron chi connectivity index (χ2n) is 8.53. The Morgan fingerprint density at radius 3 is 2.45 bits per heavy atom. The van der Waals surface area contributed by atoms with Gasteiger partial charge in [-0.3, -0.25) is 4.79 Å². The lowest BCUT2D eigenvalue weighted by Gasteiger charge is -2.18. The number of carbonyl (C=O) groups is 1. The summed E-state index contributed by atoms with van der Waals surface area (Å²) in [7, 11) is 0. The van der Waals surface area contributed by atoms with Crippen molar-refractivity contribution in [3.63, 3.8) is 0 Å². The van der Waals surface area contributed by atoms with Crippen molar-refractivity contribution >= 4 is 17.6 Å². The predicted octanol–water partition coefficient (Wildman–Crippen LogP) is 5.32. The van der Waals surface area contributed by atoms with Gasteiger partial charge in [0.15, 0.2) is 17.4 Å². The van der Waals surface area contributed by atoms with Crippen LogP contribution < -0.4 is 9.47 Å². The average molecular weight is 423 g/mol. The highest BCUT2D eigenvalue weighted by Crippen LogP contribution is 2.49. The Hall–Kier alpha value is -2.34. The first kappa shape index (κ1) is 20.0. The lowest BCUT2D eigenvalue weighted by Crippen LogP contribution is -2.25. The van der Waals surface area contributed by atoms with Crippen molar-refractivity contribution in [2.24, 2.45) is 5.41 Å². The molecule has 2 aromatic carbocycles. The van der Waals surface area contributed by atoms with Crippen LogP contribution in [0.4, 0.5) is 8.78 Å². The number of ether oxygens (including phenoxy) is 2. The van der Waals surface area contributed by atoms with Crippen LogP contribution in [0.5, 0.6) is 11.5 Å². The maximum Gasteiger partial charge on any atom is 0.309 e. The normalized spacial score (nSPS) is 18.1. The van der Waals surface area contributed by atoms with E-state index in [1.165, 1.54) is 0 Å². The fourth-order valence-corrected chi connectivity index (χ4v) is 4.13. The number of hydrogen-bond acceptors (Lipinski definition) is 3. The molecule has 0 bridgehead atoms. The minimum atomic E-state index is -0.934. The summed E-state index contributed by atoms with van der Waals surface area (Å²) in [4.78, 5) is 11.3. The van der Waals surface area contributed by atoms with Gasteiger partial charge in [-0.1, -0.05) is 11.6 Å². The van der Waals surface area contributed by atoms with Gasteiger partial charge in [0.05, 0.1) is 5.41 Å². The Morgan fingerprint density at radius 2 is 1.86 bits per heavy atom. The molecule has 4 rings (SSSR count). The fourth-order valence-electron chi connectivity index (χ4n) is 3.86. The molecule has 1 aliphatic carbocycles. The molecule has 7 heteroatoms. The van der Waals surface area contributed by atoms with Crippen molar-refractivity contribution in [1.82, 2.24) is 0 Å². The smallest absolute Gasteiger partial charge is 0.309 e. The topological polar surface area (TPSA) is 55.8 Å². The molecule has 1 N–H and O–H groups in total. The van der Waals surface area contributed by atoms with Crippen molar-refractivity contribution in [2.45, 2.75) is 51.7 Å². The van der Waals surface area contributed by atoms with E-state index in [4.69, 9.17) is 21.1 Å². The average Bonchev–Trinajstić information content (AvgIpc) is 3.30. The summed E-state index contributed by atoms with van der Waals surface area (Å²) >= 11 is 6.17. The van der Waals surface area contributed by atoms with Crippen LogP contribution in [0.3, 0.4) is 0 Å². The SMILES string of the molecule is CC1(C)Cc2cc(Cl)cc(COc3c(F)cc(CC4(C(=O)O)CC4)cc3F)c2O1. The lowest BCUT2D eigenvalue weighted by atomic mass is 9.96. The van der Waals surface area contributed by atoms with Crippen LogP contribution in [0.2, 0.25) is 5.02 Å². The molecule has 29 heavy (non-hydrogen) atoms. The number of hydrogen-bond donors (Lipinski definition) is 1. The second kappa shape index (κ2) is 6.87. The first-order valence-electron chi connectivity index (χ1n) is 9.43. The summed E-state index contributed by atoms with van der Waals surface area (Å²) in [6.07, 6.45) is 1.81. The van der Waals surface area contributed by atoms with Gasteiger partial charge in [0.1, 0.15) is 18.0 Å². The van der Waals surface area contributed by atoms with Gasteiger partial charge in [0.2, 0.25) is 0 Å². The summed E-state index contributed by atoms with van der Waals surface area (Å²) < 4.78 is 40.4. The minimum Gasteiger partial charge on any atom is -0.487 e. The monoisotopic (exact) mass is 422 g/mol. The van der Waals surface area contributed by atoms with E-state index >= 15 is 0 Å². The van der Waals surface area contributed by atoms with E-state index in [9.17, 15) is 18.7 Å². The quantitative estimate of drug-likeness (QED) is 0.684. The third-order valence-corrected chi connectivity index (χ3v) is 5.70. The molecule has 2 aromatic rings. The van der Waals surface area contributed by atoms with Crippen LogP contribution in [0.1, 0.15) is 43.4 Å². The molecule has 154 valence electrons. The van der Waals surface area contributed by atoms with Gasteiger partial charge >= 0.3 is 5.97 Å². The number of halogens is 3. The second-order valence-corrected chi connectivity index (χ2v) is 8.97. The molecular formula is C22H21ClF2O4. The van der Waals surface area contributed by atoms with E-state index in [0.29, 0.717) is 41.2 Å². The molecule has 0 atom stereocenters. The zero-order chi connectivity index (χ0) is 21.0. The molecular weight excluding hydrogens is 402 g/mol.